The smallest absolute Gasteiger partial charge is 0.283 e. The Morgan fingerprint density at radius 1 is 1.88 bits per heavy atom. The van der Waals surface area contributed by atoms with Crippen molar-refractivity contribution in [1.29, 1.82) is 0 Å². The minimum atomic E-state index is -0.553. The van der Waals surface area contributed by atoms with E-state index < -0.39 is 5.24 Å². The summed E-state index contributed by atoms with van der Waals surface area (Å²) in [5, 5.41) is -0.553. The highest BCUT2D eigenvalue weighted by molar-refractivity contribution is 8.32. The first kappa shape index (κ1) is 7.58. The Morgan fingerprint density at radius 2 is 2.38 bits per heavy atom. The summed E-state index contributed by atoms with van der Waals surface area (Å²) in [5.74, 6) is 0. The Kier molecular flexibility index (Phi) is 3.38. The number of carbonyl (C=O) groups excluding carboxylic acids is 1. The van der Waals surface area contributed by atoms with Gasteiger partial charge in [-0.3, -0.25) is 4.79 Å². The van der Waals surface area contributed by atoms with Gasteiger partial charge >= 0.3 is 0 Å². The average molecular weight is 148 g/mol. The van der Waals surface area contributed by atoms with Crippen molar-refractivity contribution in [3.05, 3.63) is 0 Å². The number of aliphatic imine (C=N–C) groups is 1. The molecule has 1 amide bonds. The van der Waals surface area contributed by atoms with E-state index in [2.05, 4.69) is 23.9 Å². The Bertz CT molecular complexity index is 133. The quantitative estimate of drug-likeness (QED) is 0.408. The summed E-state index contributed by atoms with van der Waals surface area (Å²) in [4.78, 5) is 13.3. The van der Waals surface area contributed by atoms with Crippen molar-refractivity contribution in [2.45, 2.75) is 0 Å². The van der Waals surface area contributed by atoms with Gasteiger partial charge in [-0.25, -0.2) is 4.99 Å². The molecule has 0 fully saturated rings. The summed E-state index contributed by atoms with van der Waals surface area (Å²) < 4.78 is 0.164. The molecule has 0 aromatic heterocycles. The van der Waals surface area contributed by atoms with Crippen LogP contribution in [0.4, 0.5) is 4.79 Å². The Balaban J connectivity index is 3.55. The minimum absolute atomic E-state index is 0.164. The Morgan fingerprint density at radius 3 is 2.50 bits per heavy atom. The lowest BCUT2D eigenvalue weighted by atomic mass is 11.4. The number of nitrogens with two attached hydrogens (primary N) is 1. The molecule has 0 aliphatic carbocycles. The lowest BCUT2D eigenvalue weighted by molar-refractivity contribution is 0.267. The van der Waals surface area contributed by atoms with Crippen LogP contribution in [0.25, 0.3) is 0 Å². The van der Waals surface area contributed by atoms with Crippen molar-refractivity contribution in [2.24, 2.45) is 10.7 Å². The molecule has 2 N–H and O–H groups in total. The summed E-state index contributed by atoms with van der Waals surface area (Å²) in [6.07, 6.45) is 0. The summed E-state index contributed by atoms with van der Waals surface area (Å²) >= 11 is 5.16. The van der Waals surface area contributed by atoms with E-state index in [0.29, 0.717) is 11.8 Å². The van der Waals surface area contributed by atoms with Crippen molar-refractivity contribution in [1.82, 2.24) is 0 Å². The maximum Gasteiger partial charge on any atom is 0.283 e. The SMILES string of the molecule is C=NC(=S)SC(N)=O. The highest BCUT2D eigenvalue weighted by atomic mass is 32.2. The van der Waals surface area contributed by atoms with Gasteiger partial charge in [0.15, 0.2) is 4.32 Å². The van der Waals surface area contributed by atoms with E-state index in [0.717, 1.165) is 0 Å². The molecule has 0 aromatic rings. The maximum absolute atomic E-state index is 9.98. The van der Waals surface area contributed by atoms with Crippen LogP contribution in [-0.2, 0) is 0 Å². The van der Waals surface area contributed by atoms with Crippen molar-refractivity contribution in [3.63, 3.8) is 0 Å². The standard InChI is InChI=1S/C3H4N2OS2/c1-5-3(7)8-2(4)6/h1H2,(H2,4,6). The second-order valence-corrected chi connectivity index (χ2v) is 2.48. The number of rotatable bonds is 0. The molecule has 0 radical (unpaired) electrons. The number of carbonyl (C=O) groups is 1. The first-order valence-corrected chi connectivity index (χ1v) is 2.87. The Labute approximate surface area is 56.3 Å². The number of primary amides is 1. The first-order chi connectivity index (χ1) is 3.66. The zero-order chi connectivity index (χ0) is 6.57. The molecule has 8 heavy (non-hydrogen) atoms. The van der Waals surface area contributed by atoms with Crippen LogP contribution in [-0.4, -0.2) is 16.3 Å². The topological polar surface area (TPSA) is 55.4 Å². The van der Waals surface area contributed by atoms with Crippen LogP contribution in [0, 0.1) is 0 Å². The zero-order valence-corrected chi connectivity index (χ0v) is 5.59. The van der Waals surface area contributed by atoms with E-state index in [1.807, 2.05) is 0 Å². The number of hydrogen-bond donors (Lipinski definition) is 1. The van der Waals surface area contributed by atoms with E-state index in [1.165, 1.54) is 0 Å². The van der Waals surface area contributed by atoms with Gasteiger partial charge in [-0.2, -0.15) is 0 Å². The molecule has 3 nitrogen and oxygen atoms in total. The fraction of sp³-hybridized carbons (Fsp3) is 0. The van der Waals surface area contributed by atoms with Gasteiger partial charge in [0.25, 0.3) is 5.24 Å². The molecule has 5 heteroatoms. The van der Waals surface area contributed by atoms with Gasteiger partial charge in [0, 0.05) is 11.8 Å². The molecular weight excluding hydrogens is 144 g/mol. The maximum atomic E-state index is 9.98. The molecule has 0 heterocycles. The summed E-state index contributed by atoms with van der Waals surface area (Å²) in [7, 11) is 0. The lowest BCUT2D eigenvalue weighted by Crippen LogP contribution is -2.04. The molecule has 44 valence electrons. The van der Waals surface area contributed by atoms with Gasteiger partial charge in [-0.1, -0.05) is 0 Å². The molecular formula is C3H4N2OS2. The average Bonchev–Trinajstić information content (AvgIpc) is 1.65. The fourth-order valence-electron chi connectivity index (χ4n) is 0.118. The molecule has 0 unspecified atom stereocenters. The summed E-state index contributed by atoms with van der Waals surface area (Å²) in [5.41, 5.74) is 4.72. The lowest BCUT2D eigenvalue weighted by Gasteiger charge is -1.86. The van der Waals surface area contributed by atoms with Crippen molar-refractivity contribution in [2.75, 3.05) is 0 Å². The van der Waals surface area contributed by atoms with Crippen LogP contribution in [0.1, 0.15) is 0 Å². The van der Waals surface area contributed by atoms with Crippen LogP contribution in [0.15, 0.2) is 4.99 Å². The molecule has 0 aliphatic heterocycles. The third kappa shape index (κ3) is 3.76. The predicted octanol–water partition coefficient (Wildman–Crippen LogP) is 0.784. The van der Waals surface area contributed by atoms with Crippen molar-refractivity contribution in [3.8, 4) is 0 Å². The summed E-state index contributed by atoms with van der Waals surface area (Å²) in [6.45, 7) is 3.09. The highest BCUT2D eigenvalue weighted by Gasteiger charge is 1.96. The van der Waals surface area contributed by atoms with Gasteiger partial charge in [0.1, 0.15) is 0 Å². The number of nitrogens with zero attached hydrogens (tertiary/aromatic N) is 1. The van der Waals surface area contributed by atoms with E-state index in [9.17, 15) is 4.79 Å². The fourth-order valence-corrected chi connectivity index (χ4v) is 0.601. The normalized spacial score (nSPS) is 8.00. The van der Waals surface area contributed by atoms with E-state index in [4.69, 9.17) is 5.73 Å². The number of thioether (sulfide) groups is 1. The number of amides is 1. The van der Waals surface area contributed by atoms with Crippen LogP contribution < -0.4 is 5.73 Å². The molecule has 0 saturated heterocycles. The van der Waals surface area contributed by atoms with Crippen LogP contribution in [0.5, 0.6) is 0 Å². The van der Waals surface area contributed by atoms with E-state index in [-0.39, 0.29) is 4.32 Å². The molecule has 0 aliphatic rings. The third-order valence-electron chi connectivity index (χ3n) is 0.317. The highest BCUT2D eigenvalue weighted by Crippen LogP contribution is 2.02. The first-order valence-electron chi connectivity index (χ1n) is 1.65. The van der Waals surface area contributed by atoms with Crippen LogP contribution in [0.2, 0.25) is 0 Å². The zero-order valence-electron chi connectivity index (χ0n) is 3.96. The van der Waals surface area contributed by atoms with Crippen molar-refractivity contribution < 1.29 is 4.79 Å². The van der Waals surface area contributed by atoms with Gasteiger partial charge < -0.3 is 5.73 Å². The van der Waals surface area contributed by atoms with Crippen LogP contribution in [0.3, 0.4) is 0 Å². The van der Waals surface area contributed by atoms with Crippen molar-refractivity contribution >= 4 is 40.3 Å². The monoisotopic (exact) mass is 148 g/mol. The molecule has 0 atom stereocenters. The largest absolute Gasteiger partial charge is 0.360 e. The van der Waals surface area contributed by atoms with Gasteiger partial charge in [0.05, 0.1) is 0 Å². The summed E-state index contributed by atoms with van der Waals surface area (Å²) in [6, 6.07) is 0. The molecule has 0 spiro atoms. The van der Waals surface area contributed by atoms with E-state index in [1.54, 1.807) is 0 Å². The minimum Gasteiger partial charge on any atom is -0.360 e. The second kappa shape index (κ2) is 3.57. The molecule has 0 rings (SSSR count). The van der Waals surface area contributed by atoms with Crippen LogP contribution >= 0.6 is 24.0 Å². The predicted molar refractivity (Wildman–Crippen MR) is 39.3 cm³/mol. The third-order valence-corrected chi connectivity index (χ3v) is 1.20. The van der Waals surface area contributed by atoms with Gasteiger partial charge in [0.2, 0.25) is 0 Å². The number of hydrogen-bond acceptors (Lipinski definition) is 3. The second-order valence-electron chi connectivity index (χ2n) is 0.845. The molecule has 0 saturated carbocycles. The number of thiocarbonyl (C=S) groups is 1. The van der Waals surface area contributed by atoms with Gasteiger partial charge in [-0.05, 0) is 18.9 Å². The van der Waals surface area contributed by atoms with Gasteiger partial charge in [-0.15, -0.1) is 0 Å². The molecule has 0 bridgehead atoms. The Hall–Kier alpha value is -0.420. The van der Waals surface area contributed by atoms with E-state index >= 15 is 0 Å². The molecule has 0 aromatic carbocycles.